The summed E-state index contributed by atoms with van der Waals surface area (Å²) in [6.07, 6.45) is 6.18. The Morgan fingerprint density at radius 1 is 1.00 bits per heavy atom. The topological polar surface area (TPSA) is 46.2 Å². The molecule has 0 radical (unpaired) electrons. The molecule has 3 aromatic rings. The van der Waals surface area contributed by atoms with Gasteiger partial charge in [-0.1, -0.05) is 43.2 Å². The molecule has 0 amide bonds. The number of hydrogen-bond acceptors (Lipinski definition) is 3. The molecule has 1 aliphatic carbocycles. The first-order valence-electron chi connectivity index (χ1n) is 10.1. The van der Waals surface area contributed by atoms with Crippen molar-refractivity contribution in [1.82, 2.24) is 10.3 Å². The van der Waals surface area contributed by atoms with E-state index in [1.807, 2.05) is 48.5 Å². The highest BCUT2D eigenvalue weighted by Gasteiger charge is 2.35. The van der Waals surface area contributed by atoms with Crippen molar-refractivity contribution in [3.63, 3.8) is 0 Å². The fourth-order valence-electron chi connectivity index (χ4n) is 3.97. The molecule has 0 unspecified atom stereocenters. The summed E-state index contributed by atoms with van der Waals surface area (Å²) in [6.45, 7) is 0.715. The lowest BCUT2D eigenvalue weighted by atomic mass is 9.79. The Balaban J connectivity index is 1.34. The highest BCUT2D eigenvalue weighted by molar-refractivity contribution is 7.80. The summed E-state index contributed by atoms with van der Waals surface area (Å²) in [4.78, 5) is 4.33. The van der Waals surface area contributed by atoms with Crippen LogP contribution in [0, 0.1) is 5.82 Å². The molecule has 0 aliphatic heterocycles. The predicted octanol–water partition coefficient (Wildman–Crippen LogP) is 5.81. The number of benzene rings is 2. The van der Waals surface area contributed by atoms with E-state index in [0.717, 1.165) is 24.3 Å². The molecule has 1 saturated carbocycles. The monoisotopic (exact) mass is 421 g/mol. The Morgan fingerprint density at radius 3 is 2.40 bits per heavy atom. The summed E-state index contributed by atoms with van der Waals surface area (Å²) in [7, 11) is 0. The molecule has 2 N–H and O–H groups in total. The summed E-state index contributed by atoms with van der Waals surface area (Å²) in [5, 5.41) is 7.07. The average molecular weight is 422 g/mol. The van der Waals surface area contributed by atoms with Crippen molar-refractivity contribution in [1.29, 1.82) is 0 Å². The molecule has 0 spiro atoms. The predicted molar refractivity (Wildman–Crippen MR) is 122 cm³/mol. The van der Waals surface area contributed by atoms with Crippen LogP contribution >= 0.6 is 12.2 Å². The molecule has 1 fully saturated rings. The molecule has 1 aromatic heterocycles. The minimum Gasteiger partial charge on any atom is -0.439 e. The number of nitrogens with one attached hydrogen (secondary N) is 2. The number of anilines is 1. The van der Waals surface area contributed by atoms with E-state index in [2.05, 4.69) is 15.6 Å². The van der Waals surface area contributed by atoms with Crippen molar-refractivity contribution < 1.29 is 9.13 Å². The summed E-state index contributed by atoms with van der Waals surface area (Å²) < 4.78 is 19.1. The van der Waals surface area contributed by atoms with Gasteiger partial charge in [-0.05, 0) is 61.0 Å². The molecule has 30 heavy (non-hydrogen) atoms. The quantitative estimate of drug-likeness (QED) is 0.492. The third kappa shape index (κ3) is 4.94. The van der Waals surface area contributed by atoms with Crippen LogP contribution in [-0.2, 0) is 5.41 Å². The Hall–Kier alpha value is -2.99. The van der Waals surface area contributed by atoms with Gasteiger partial charge in [0, 0.05) is 18.0 Å². The molecule has 154 valence electrons. The van der Waals surface area contributed by atoms with E-state index in [9.17, 15) is 4.39 Å². The highest BCUT2D eigenvalue weighted by Crippen LogP contribution is 2.40. The van der Waals surface area contributed by atoms with Gasteiger partial charge >= 0.3 is 0 Å². The van der Waals surface area contributed by atoms with Crippen molar-refractivity contribution in [2.75, 3.05) is 11.9 Å². The minimum atomic E-state index is -0.204. The largest absolute Gasteiger partial charge is 0.439 e. The number of para-hydroxylation sites is 1. The molecule has 1 heterocycles. The maximum Gasteiger partial charge on any atom is 0.219 e. The zero-order chi connectivity index (χ0) is 20.8. The van der Waals surface area contributed by atoms with Crippen LogP contribution in [0.3, 0.4) is 0 Å². The SMILES string of the molecule is Fc1ccc(C2(CNC(=S)Nc3ccc(Oc4ccccc4)nc3)CCCC2)cc1. The smallest absolute Gasteiger partial charge is 0.219 e. The molecule has 2 aromatic carbocycles. The van der Waals surface area contributed by atoms with E-state index in [-0.39, 0.29) is 11.2 Å². The zero-order valence-electron chi connectivity index (χ0n) is 16.6. The van der Waals surface area contributed by atoms with Crippen LogP contribution in [0.25, 0.3) is 0 Å². The van der Waals surface area contributed by atoms with Gasteiger partial charge in [-0.2, -0.15) is 0 Å². The molecular weight excluding hydrogens is 397 g/mol. The van der Waals surface area contributed by atoms with Crippen molar-refractivity contribution in [2.24, 2.45) is 0 Å². The van der Waals surface area contributed by atoms with E-state index >= 15 is 0 Å². The van der Waals surface area contributed by atoms with E-state index in [0.29, 0.717) is 17.5 Å². The van der Waals surface area contributed by atoms with Crippen molar-refractivity contribution in [3.05, 3.63) is 84.3 Å². The molecule has 0 saturated heterocycles. The molecule has 0 bridgehead atoms. The summed E-state index contributed by atoms with van der Waals surface area (Å²) in [5.41, 5.74) is 1.95. The number of nitrogens with zero attached hydrogens (tertiary/aromatic N) is 1. The number of ether oxygens (including phenoxy) is 1. The number of hydrogen-bond donors (Lipinski definition) is 2. The van der Waals surface area contributed by atoms with Crippen molar-refractivity contribution in [2.45, 2.75) is 31.1 Å². The van der Waals surface area contributed by atoms with Crippen LogP contribution in [0.15, 0.2) is 72.9 Å². The lowest BCUT2D eigenvalue weighted by molar-refractivity contribution is 0.434. The third-order valence-electron chi connectivity index (χ3n) is 5.56. The van der Waals surface area contributed by atoms with Gasteiger partial charge in [0.05, 0.1) is 11.9 Å². The second-order valence-corrected chi connectivity index (χ2v) is 8.01. The van der Waals surface area contributed by atoms with Gasteiger partial charge in [0.2, 0.25) is 5.88 Å². The molecule has 1 aliphatic rings. The minimum absolute atomic E-state index is 0.00886. The number of rotatable bonds is 6. The van der Waals surface area contributed by atoms with Gasteiger partial charge in [0.25, 0.3) is 0 Å². The zero-order valence-corrected chi connectivity index (χ0v) is 17.4. The van der Waals surface area contributed by atoms with E-state index in [1.165, 1.54) is 30.5 Å². The first-order chi connectivity index (χ1) is 14.6. The van der Waals surface area contributed by atoms with E-state index in [1.54, 1.807) is 12.3 Å². The fourth-order valence-corrected chi connectivity index (χ4v) is 4.16. The second kappa shape index (κ2) is 9.22. The van der Waals surface area contributed by atoms with Crippen LogP contribution in [0.5, 0.6) is 11.6 Å². The molecule has 0 atom stereocenters. The van der Waals surface area contributed by atoms with Crippen molar-refractivity contribution in [3.8, 4) is 11.6 Å². The second-order valence-electron chi connectivity index (χ2n) is 7.60. The average Bonchev–Trinajstić information content (AvgIpc) is 3.25. The maximum atomic E-state index is 13.3. The van der Waals surface area contributed by atoms with Crippen LogP contribution in [0.1, 0.15) is 31.2 Å². The maximum absolute atomic E-state index is 13.3. The van der Waals surface area contributed by atoms with Gasteiger partial charge in [-0.15, -0.1) is 0 Å². The fraction of sp³-hybridized carbons (Fsp3) is 0.250. The Kier molecular flexibility index (Phi) is 6.23. The van der Waals surface area contributed by atoms with E-state index in [4.69, 9.17) is 17.0 Å². The molecular formula is C24H24FN3OS. The number of thiocarbonyl (C=S) groups is 1. The Morgan fingerprint density at radius 2 is 1.73 bits per heavy atom. The van der Waals surface area contributed by atoms with Crippen molar-refractivity contribution >= 4 is 23.0 Å². The number of pyridine rings is 1. The lowest BCUT2D eigenvalue weighted by Gasteiger charge is -2.30. The van der Waals surface area contributed by atoms with Crippen LogP contribution in [0.2, 0.25) is 0 Å². The van der Waals surface area contributed by atoms with Gasteiger partial charge in [0.1, 0.15) is 11.6 Å². The van der Waals surface area contributed by atoms with Crippen LogP contribution in [-0.4, -0.2) is 16.6 Å². The van der Waals surface area contributed by atoms with Gasteiger partial charge in [-0.25, -0.2) is 9.37 Å². The molecule has 6 heteroatoms. The Bertz CT molecular complexity index is 972. The van der Waals surface area contributed by atoms with E-state index < -0.39 is 0 Å². The molecule has 4 nitrogen and oxygen atoms in total. The summed E-state index contributed by atoms with van der Waals surface area (Å²) in [6, 6.07) is 20.1. The van der Waals surface area contributed by atoms with Gasteiger partial charge in [0.15, 0.2) is 5.11 Å². The number of aromatic nitrogens is 1. The van der Waals surface area contributed by atoms with Crippen LogP contribution in [0.4, 0.5) is 10.1 Å². The summed E-state index contributed by atoms with van der Waals surface area (Å²) >= 11 is 5.49. The molecule has 4 rings (SSSR count). The summed E-state index contributed by atoms with van der Waals surface area (Å²) in [5.74, 6) is 1.06. The standard InChI is InChI=1S/C24H24FN3OS/c25-19-10-8-18(9-11-19)24(14-4-5-15-24)17-27-23(30)28-20-12-13-22(26-16-20)29-21-6-2-1-3-7-21/h1-3,6-13,16H,4-5,14-15,17H2,(H2,27,28,30). The number of halogens is 1. The third-order valence-corrected chi connectivity index (χ3v) is 5.81. The lowest BCUT2D eigenvalue weighted by Crippen LogP contribution is -2.40. The highest BCUT2D eigenvalue weighted by atomic mass is 32.1. The van der Waals surface area contributed by atoms with Crippen LogP contribution < -0.4 is 15.4 Å². The van der Waals surface area contributed by atoms with Gasteiger partial charge < -0.3 is 15.4 Å². The first kappa shape index (κ1) is 20.3. The van der Waals surface area contributed by atoms with Gasteiger partial charge in [-0.3, -0.25) is 0 Å². The normalized spacial score (nSPS) is 14.8. The Labute approximate surface area is 181 Å². The first-order valence-corrected chi connectivity index (χ1v) is 10.5.